The van der Waals surface area contributed by atoms with Crippen LogP contribution in [-0.4, -0.2) is 32.5 Å². The largest absolute Gasteiger partial charge is 0.341 e. The minimum absolute atomic E-state index is 0.0275. The molecule has 0 heterocycles. The Morgan fingerprint density at radius 3 is 2.10 bits per heavy atom. The SMILES string of the molecule is CSc1ccc(CN(C)C(=O)Cc2ccc(NS(=O)(=O)c3ccc(F)cc3)cc2)cc1. The highest BCUT2D eigenvalue weighted by Gasteiger charge is 2.15. The van der Waals surface area contributed by atoms with Crippen molar-refractivity contribution in [2.75, 3.05) is 18.0 Å². The fraction of sp³-hybridized carbons (Fsp3) is 0.174. The molecule has 0 saturated heterocycles. The number of hydrogen-bond acceptors (Lipinski definition) is 4. The summed E-state index contributed by atoms with van der Waals surface area (Å²) in [6.45, 7) is 0.517. The maximum absolute atomic E-state index is 13.0. The minimum atomic E-state index is -3.81. The first kappa shape index (κ1) is 22.8. The summed E-state index contributed by atoms with van der Waals surface area (Å²) in [4.78, 5) is 15.4. The molecule has 0 fully saturated rings. The molecule has 5 nitrogen and oxygen atoms in total. The van der Waals surface area contributed by atoms with Crippen molar-refractivity contribution in [3.8, 4) is 0 Å². The van der Waals surface area contributed by atoms with Gasteiger partial charge in [0.2, 0.25) is 5.91 Å². The molecule has 0 aliphatic carbocycles. The van der Waals surface area contributed by atoms with E-state index in [0.29, 0.717) is 12.2 Å². The maximum Gasteiger partial charge on any atom is 0.261 e. The van der Waals surface area contributed by atoms with Crippen LogP contribution in [0.4, 0.5) is 10.1 Å². The third-order valence-electron chi connectivity index (χ3n) is 4.69. The number of halogens is 1. The third-order valence-corrected chi connectivity index (χ3v) is 6.83. The quantitative estimate of drug-likeness (QED) is 0.503. The Morgan fingerprint density at radius 2 is 1.52 bits per heavy atom. The number of carbonyl (C=O) groups is 1. The van der Waals surface area contributed by atoms with Crippen LogP contribution in [-0.2, 0) is 27.8 Å². The Balaban J connectivity index is 1.59. The summed E-state index contributed by atoms with van der Waals surface area (Å²) in [6.07, 6.45) is 2.23. The second-order valence-corrected chi connectivity index (χ2v) is 9.59. The highest BCUT2D eigenvalue weighted by atomic mass is 32.2. The molecular weight excluding hydrogens is 435 g/mol. The number of rotatable bonds is 8. The molecule has 1 N–H and O–H groups in total. The van der Waals surface area contributed by atoms with E-state index in [2.05, 4.69) is 4.72 Å². The molecule has 3 rings (SSSR count). The van der Waals surface area contributed by atoms with Gasteiger partial charge in [0.1, 0.15) is 5.82 Å². The third kappa shape index (κ3) is 6.32. The molecule has 0 aliphatic rings. The first-order chi connectivity index (χ1) is 14.8. The van der Waals surface area contributed by atoms with E-state index in [1.54, 1.807) is 48.0 Å². The van der Waals surface area contributed by atoms with Gasteiger partial charge in [0.15, 0.2) is 0 Å². The molecule has 0 spiro atoms. The van der Waals surface area contributed by atoms with E-state index in [-0.39, 0.29) is 17.2 Å². The summed E-state index contributed by atoms with van der Waals surface area (Å²) in [6, 6.07) is 19.3. The van der Waals surface area contributed by atoms with Crippen LogP contribution in [0.5, 0.6) is 0 Å². The molecule has 0 bridgehead atoms. The van der Waals surface area contributed by atoms with Gasteiger partial charge in [-0.3, -0.25) is 9.52 Å². The molecule has 31 heavy (non-hydrogen) atoms. The molecule has 3 aromatic carbocycles. The number of benzene rings is 3. The Kier molecular flexibility index (Phi) is 7.35. The Morgan fingerprint density at radius 1 is 0.935 bits per heavy atom. The second-order valence-electron chi connectivity index (χ2n) is 7.03. The van der Waals surface area contributed by atoms with Crippen LogP contribution in [0.2, 0.25) is 0 Å². The lowest BCUT2D eigenvalue weighted by Crippen LogP contribution is -2.27. The van der Waals surface area contributed by atoms with Crippen LogP contribution in [0.25, 0.3) is 0 Å². The van der Waals surface area contributed by atoms with Crippen molar-refractivity contribution < 1.29 is 17.6 Å². The zero-order valence-electron chi connectivity index (χ0n) is 17.2. The first-order valence-electron chi connectivity index (χ1n) is 9.51. The van der Waals surface area contributed by atoms with Gasteiger partial charge in [-0.05, 0) is 65.9 Å². The second kappa shape index (κ2) is 9.98. The van der Waals surface area contributed by atoms with Crippen LogP contribution >= 0.6 is 11.8 Å². The molecule has 3 aromatic rings. The van der Waals surface area contributed by atoms with Gasteiger partial charge in [-0.15, -0.1) is 11.8 Å². The zero-order valence-corrected chi connectivity index (χ0v) is 18.8. The van der Waals surface area contributed by atoms with E-state index < -0.39 is 15.8 Å². The number of carbonyl (C=O) groups excluding carboxylic acids is 1. The van der Waals surface area contributed by atoms with Gasteiger partial charge in [0.05, 0.1) is 11.3 Å². The summed E-state index contributed by atoms with van der Waals surface area (Å²) < 4.78 is 40.2. The van der Waals surface area contributed by atoms with Gasteiger partial charge in [0.25, 0.3) is 10.0 Å². The number of thioether (sulfide) groups is 1. The molecule has 0 saturated carbocycles. The number of likely N-dealkylation sites (N-methyl/N-ethyl adjacent to an activating group) is 1. The normalized spacial score (nSPS) is 11.2. The van der Waals surface area contributed by atoms with Gasteiger partial charge in [0, 0.05) is 24.2 Å². The Labute approximate surface area is 186 Å². The first-order valence-corrected chi connectivity index (χ1v) is 12.2. The van der Waals surface area contributed by atoms with Gasteiger partial charge >= 0.3 is 0 Å². The number of nitrogens with one attached hydrogen (secondary N) is 1. The molecule has 0 atom stereocenters. The van der Waals surface area contributed by atoms with Crippen molar-refractivity contribution in [1.29, 1.82) is 0 Å². The molecule has 8 heteroatoms. The standard InChI is InChI=1S/C23H23FN2O3S2/c1-26(16-18-5-11-21(30-2)12-6-18)23(27)15-17-3-9-20(10-4-17)25-31(28,29)22-13-7-19(24)8-14-22/h3-14,25H,15-16H2,1-2H3. The number of hydrogen-bond donors (Lipinski definition) is 1. The topological polar surface area (TPSA) is 66.5 Å². The van der Waals surface area contributed by atoms with Gasteiger partial charge < -0.3 is 4.90 Å². The number of amides is 1. The number of sulfonamides is 1. The molecule has 162 valence electrons. The van der Waals surface area contributed by atoms with Crippen molar-refractivity contribution in [1.82, 2.24) is 4.90 Å². The predicted molar refractivity (Wildman–Crippen MR) is 122 cm³/mol. The smallest absolute Gasteiger partial charge is 0.261 e. The van der Waals surface area contributed by atoms with Crippen molar-refractivity contribution >= 4 is 33.4 Å². The lowest BCUT2D eigenvalue weighted by Gasteiger charge is -2.18. The lowest BCUT2D eigenvalue weighted by atomic mass is 10.1. The molecule has 0 aromatic heterocycles. The highest BCUT2D eigenvalue weighted by Crippen LogP contribution is 2.18. The average Bonchev–Trinajstić information content (AvgIpc) is 2.75. The van der Waals surface area contributed by atoms with E-state index >= 15 is 0 Å². The lowest BCUT2D eigenvalue weighted by molar-refractivity contribution is -0.129. The van der Waals surface area contributed by atoms with E-state index in [9.17, 15) is 17.6 Å². The van der Waals surface area contributed by atoms with Crippen LogP contribution in [0.3, 0.4) is 0 Å². The molecule has 1 amide bonds. The summed E-state index contributed by atoms with van der Waals surface area (Å²) in [5.74, 6) is -0.538. The van der Waals surface area contributed by atoms with Crippen LogP contribution in [0.15, 0.2) is 82.6 Å². The monoisotopic (exact) mass is 458 g/mol. The van der Waals surface area contributed by atoms with E-state index in [0.717, 1.165) is 23.3 Å². The molecule has 0 radical (unpaired) electrons. The summed E-state index contributed by atoms with van der Waals surface area (Å²) in [5, 5.41) is 0. The average molecular weight is 459 g/mol. The summed E-state index contributed by atoms with van der Waals surface area (Å²) in [5.41, 5.74) is 2.20. The molecular formula is C23H23FN2O3S2. The van der Waals surface area contributed by atoms with Crippen molar-refractivity contribution in [2.24, 2.45) is 0 Å². The van der Waals surface area contributed by atoms with Gasteiger partial charge in [-0.25, -0.2) is 12.8 Å². The van der Waals surface area contributed by atoms with Crippen LogP contribution < -0.4 is 4.72 Å². The van der Waals surface area contributed by atoms with Crippen LogP contribution in [0.1, 0.15) is 11.1 Å². The number of anilines is 1. The fourth-order valence-electron chi connectivity index (χ4n) is 2.92. The maximum atomic E-state index is 13.0. The summed E-state index contributed by atoms with van der Waals surface area (Å²) >= 11 is 1.67. The van der Waals surface area contributed by atoms with Crippen LogP contribution in [0, 0.1) is 5.82 Å². The van der Waals surface area contributed by atoms with Crippen molar-refractivity contribution in [3.63, 3.8) is 0 Å². The Hall–Kier alpha value is -2.84. The molecule has 0 aliphatic heterocycles. The summed E-state index contributed by atoms with van der Waals surface area (Å²) in [7, 11) is -2.05. The minimum Gasteiger partial charge on any atom is -0.341 e. The van der Waals surface area contributed by atoms with Crippen molar-refractivity contribution in [2.45, 2.75) is 22.8 Å². The van der Waals surface area contributed by atoms with E-state index in [1.165, 1.54) is 17.0 Å². The predicted octanol–water partition coefficient (Wildman–Crippen LogP) is 4.55. The number of nitrogens with zero attached hydrogens (tertiary/aromatic N) is 1. The zero-order chi connectivity index (χ0) is 22.4. The van der Waals surface area contributed by atoms with Gasteiger partial charge in [-0.2, -0.15) is 0 Å². The van der Waals surface area contributed by atoms with Gasteiger partial charge in [-0.1, -0.05) is 24.3 Å². The highest BCUT2D eigenvalue weighted by molar-refractivity contribution is 7.98. The molecule has 0 unspecified atom stereocenters. The van der Waals surface area contributed by atoms with E-state index in [1.807, 2.05) is 30.5 Å². The van der Waals surface area contributed by atoms with E-state index in [4.69, 9.17) is 0 Å². The fourth-order valence-corrected chi connectivity index (χ4v) is 4.39. The van der Waals surface area contributed by atoms with Crippen molar-refractivity contribution in [3.05, 3.63) is 89.7 Å². The Bertz CT molecular complexity index is 1130.